The summed E-state index contributed by atoms with van der Waals surface area (Å²) < 4.78 is 5.13. The standard InChI is InChI=1S/C20H28N2O6/c1-3-7-16(10-18(25)21-14(2)11-23)19(26)22-17(12-24)20(27)28-13-15-8-5-4-6-9-15/h3-6,8-9,14,16-17,23-24H,1,7,10-13H2,2H3,(H,21,25)(H,22,26)/t14-,16-,17-/m1/s1. The number of aliphatic hydroxyl groups excluding tert-OH is 2. The second kappa shape index (κ2) is 12.6. The maximum absolute atomic E-state index is 12.5. The average Bonchev–Trinajstić information content (AvgIpc) is 2.70. The molecule has 0 unspecified atom stereocenters. The van der Waals surface area contributed by atoms with Gasteiger partial charge in [0.05, 0.1) is 19.1 Å². The SMILES string of the molecule is C=CC[C@H](CC(=O)N[C@H](C)CO)C(=O)N[C@H](CO)C(=O)OCc1ccccc1. The number of hydrogen-bond donors (Lipinski definition) is 4. The number of amides is 2. The van der Waals surface area contributed by atoms with Gasteiger partial charge in [-0.15, -0.1) is 6.58 Å². The highest BCUT2D eigenvalue weighted by atomic mass is 16.5. The zero-order valence-electron chi connectivity index (χ0n) is 16.0. The predicted molar refractivity (Wildman–Crippen MR) is 103 cm³/mol. The van der Waals surface area contributed by atoms with Crippen LogP contribution in [-0.4, -0.2) is 53.3 Å². The van der Waals surface area contributed by atoms with Crippen molar-refractivity contribution >= 4 is 17.8 Å². The van der Waals surface area contributed by atoms with Gasteiger partial charge >= 0.3 is 5.97 Å². The molecule has 1 rings (SSSR count). The summed E-state index contributed by atoms with van der Waals surface area (Å²) in [6.07, 6.45) is 1.57. The molecule has 1 aromatic rings. The molecule has 2 amide bonds. The minimum absolute atomic E-state index is 0.0174. The Balaban J connectivity index is 2.62. The van der Waals surface area contributed by atoms with Crippen LogP contribution in [0.1, 0.15) is 25.3 Å². The molecule has 1 aromatic carbocycles. The van der Waals surface area contributed by atoms with Crippen LogP contribution in [-0.2, 0) is 25.7 Å². The molecule has 0 aliphatic carbocycles. The molecule has 0 aromatic heterocycles. The molecule has 0 fully saturated rings. The van der Waals surface area contributed by atoms with Crippen LogP contribution in [0.15, 0.2) is 43.0 Å². The van der Waals surface area contributed by atoms with Crippen LogP contribution in [0.2, 0.25) is 0 Å². The third-order valence-electron chi connectivity index (χ3n) is 3.94. The Kier molecular flexibility index (Phi) is 10.5. The van der Waals surface area contributed by atoms with E-state index in [9.17, 15) is 19.5 Å². The molecule has 0 heterocycles. The van der Waals surface area contributed by atoms with Gasteiger partial charge in [-0.3, -0.25) is 9.59 Å². The zero-order chi connectivity index (χ0) is 20.9. The molecule has 8 heteroatoms. The third-order valence-corrected chi connectivity index (χ3v) is 3.94. The first-order valence-electron chi connectivity index (χ1n) is 9.04. The molecule has 0 aliphatic rings. The summed E-state index contributed by atoms with van der Waals surface area (Å²) in [5.74, 6) is -2.51. The average molecular weight is 392 g/mol. The van der Waals surface area contributed by atoms with Gasteiger partial charge in [-0.2, -0.15) is 0 Å². The van der Waals surface area contributed by atoms with E-state index in [1.807, 2.05) is 6.07 Å². The predicted octanol–water partition coefficient (Wildman–Crippen LogP) is 0.286. The monoisotopic (exact) mass is 392 g/mol. The highest BCUT2D eigenvalue weighted by Crippen LogP contribution is 2.11. The van der Waals surface area contributed by atoms with Gasteiger partial charge in [0.25, 0.3) is 0 Å². The summed E-state index contributed by atoms with van der Waals surface area (Å²) >= 11 is 0. The van der Waals surface area contributed by atoms with Crippen molar-refractivity contribution in [1.29, 1.82) is 0 Å². The number of hydrogen-bond acceptors (Lipinski definition) is 6. The number of aliphatic hydroxyl groups is 2. The molecule has 4 N–H and O–H groups in total. The van der Waals surface area contributed by atoms with E-state index < -0.39 is 42.4 Å². The molecule has 8 nitrogen and oxygen atoms in total. The molecule has 0 saturated heterocycles. The van der Waals surface area contributed by atoms with Crippen molar-refractivity contribution in [2.45, 2.75) is 38.5 Å². The first-order valence-corrected chi connectivity index (χ1v) is 9.04. The number of benzene rings is 1. The maximum Gasteiger partial charge on any atom is 0.331 e. The van der Waals surface area contributed by atoms with Gasteiger partial charge in [-0.05, 0) is 18.9 Å². The minimum Gasteiger partial charge on any atom is -0.459 e. The lowest BCUT2D eigenvalue weighted by Gasteiger charge is -2.20. The van der Waals surface area contributed by atoms with E-state index in [1.54, 1.807) is 31.2 Å². The lowest BCUT2D eigenvalue weighted by Crippen LogP contribution is -2.47. The summed E-state index contributed by atoms with van der Waals surface area (Å²) in [7, 11) is 0. The lowest BCUT2D eigenvalue weighted by molar-refractivity contribution is -0.150. The van der Waals surface area contributed by atoms with Crippen LogP contribution in [0.3, 0.4) is 0 Å². The molecular formula is C20H28N2O6. The molecule has 0 radical (unpaired) electrons. The Morgan fingerprint density at radius 3 is 2.39 bits per heavy atom. The third kappa shape index (κ3) is 8.32. The van der Waals surface area contributed by atoms with E-state index in [-0.39, 0.29) is 26.1 Å². The van der Waals surface area contributed by atoms with Crippen molar-refractivity contribution in [3.63, 3.8) is 0 Å². The first kappa shape index (κ1) is 23.3. The maximum atomic E-state index is 12.5. The number of esters is 1. The molecule has 0 aliphatic heterocycles. The van der Waals surface area contributed by atoms with Crippen molar-refractivity contribution in [3.8, 4) is 0 Å². The van der Waals surface area contributed by atoms with E-state index in [1.165, 1.54) is 6.08 Å². The summed E-state index contributed by atoms with van der Waals surface area (Å²) in [6, 6.07) is 7.34. The van der Waals surface area contributed by atoms with Gasteiger partial charge in [-0.25, -0.2) is 4.79 Å². The molecule has 0 spiro atoms. The Morgan fingerprint density at radius 2 is 1.82 bits per heavy atom. The number of carbonyl (C=O) groups is 3. The smallest absolute Gasteiger partial charge is 0.331 e. The lowest BCUT2D eigenvalue weighted by atomic mass is 9.99. The number of nitrogens with one attached hydrogen (secondary N) is 2. The highest BCUT2D eigenvalue weighted by Gasteiger charge is 2.27. The fourth-order valence-electron chi connectivity index (χ4n) is 2.39. The number of carbonyl (C=O) groups excluding carboxylic acids is 3. The van der Waals surface area contributed by atoms with Crippen LogP contribution in [0.5, 0.6) is 0 Å². The van der Waals surface area contributed by atoms with Gasteiger partial charge in [0.2, 0.25) is 11.8 Å². The fraction of sp³-hybridized carbons (Fsp3) is 0.450. The van der Waals surface area contributed by atoms with Crippen molar-refractivity contribution in [2.24, 2.45) is 5.92 Å². The Labute approximate surface area is 164 Å². The topological polar surface area (TPSA) is 125 Å². The molecular weight excluding hydrogens is 364 g/mol. The van der Waals surface area contributed by atoms with Crippen LogP contribution in [0.4, 0.5) is 0 Å². The van der Waals surface area contributed by atoms with E-state index in [0.29, 0.717) is 0 Å². The normalized spacial score (nSPS) is 13.7. The largest absolute Gasteiger partial charge is 0.459 e. The van der Waals surface area contributed by atoms with Gasteiger partial charge in [0, 0.05) is 12.5 Å². The molecule has 0 bridgehead atoms. The number of ether oxygens (including phenoxy) is 1. The van der Waals surface area contributed by atoms with Gasteiger partial charge in [0.1, 0.15) is 6.61 Å². The fourth-order valence-corrected chi connectivity index (χ4v) is 2.39. The second-order valence-electron chi connectivity index (χ2n) is 6.41. The summed E-state index contributed by atoms with van der Waals surface area (Å²) in [5.41, 5.74) is 0.776. The van der Waals surface area contributed by atoms with Crippen LogP contribution in [0, 0.1) is 5.92 Å². The summed E-state index contributed by atoms with van der Waals surface area (Å²) in [4.78, 5) is 36.6. The number of allylic oxidation sites excluding steroid dienone is 1. The van der Waals surface area contributed by atoms with E-state index in [4.69, 9.17) is 9.84 Å². The Hall–Kier alpha value is -2.71. The van der Waals surface area contributed by atoms with Crippen molar-refractivity contribution in [1.82, 2.24) is 10.6 Å². The molecule has 28 heavy (non-hydrogen) atoms. The molecule has 3 atom stereocenters. The minimum atomic E-state index is -1.23. The number of rotatable bonds is 12. The van der Waals surface area contributed by atoms with Crippen molar-refractivity contribution in [3.05, 3.63) is 48.6 Å². The molecule has 0 saturated carbocycles. The van der Waals surface area contributed by atoms with Crippen LogP contribution < -0.4 is 10.6 Å². The Morgan fingerprint density at radius 1 is 1.14 bits per heavy atom. The van der Waals surface area contributed by atoms with E-state index in [2.05, 4.69) is 17.2 Å². The first-order chi connectivity index (χ1) is 13.4. The van der Waals surface area contributed by atoms with E-state index >= 15 is 0 Å². The zero-order valence-corrected chi connectivity index (χ0v) is 16.0. The summed E-state index contributed by atoms with van der Waals surface area (Å²) in [5, 5.41) is 23.4. The Bertz CT molecular complexity index is 649. The quantitative estimate of drug-likeness (QED) is 0.299. The highest BCUT2D eigenvalue weighted by molar-refractivity contribution is 5.89. The second-order valence-corrected chi connectivity index (χ2v) is 6.41. The van der Waals surface area contributed by atoms with Gasteiger partial charge in [-0.1, -0.05) is 36.4 Å². The van der Waals surface area contributed by atoms with Crippen LogP contribution >= 0.6 is 0 Å². The molecule has 154 valence electrons. The summed E-state index contributed by atoms with van der Waals surface area (Å²) in [6.45, 7) is 4.37. The van der Waals surface area contributed by atoms with Gasteiger partial charge < -0.3 is 25.6 Å². The van der Waals surface area contributed by atoms with E-state index in [0.717, 1.165) is 5.56 Å². The van der Waals surface area contributed by atoms with Crippen molar-refractivity contribution < 1.29 is 29.3 Å². The van der Waals surface area contributed by atoms with Gasteiger partial charge in [0.15, 0.2) is 6.04 Å². The van der Waals surface area contributed by atoms with Crippen LogP contribution in [0.25, 0.3) is 0 Å². The van der Waals surface area contributed by atoms with Crippen molar-refractivity contribution in [2.75, 3.05) is 13.2 Å².